The largest absolute Gasteiger partial charge is 0.391 e. The van der Waals surface area contributed by atoms with E-state index in [1.54, 1.807) is 0 Å². The zero-order valence-electron chi connectivity index (χ0n) is 17.8. The lowest BCUT2D eigenvalue weighted by atomic mass is 10.1. The average Bonchev–Trinajstić information content (AvgIpc) is 3.02. The van der Waals surface area contributed by atoms with Crippen LogP contribution in [-0.2, 0) is 4.74 Å². The third kappa shape index (κ3) is 13.2. The maximum absolute atomic E-state index is 10.0. The van der Waals surface area contributed by atoms with Crippen LogP contribution in [0.5, 0.6) is 0 Å². The summed E-state index contributed by atoms with van der Waals surface area (Å²) in [4.78, 5) is 2.55. The summed E-state index contributed by atoms with van der Waals surface area (Å²) in [6, 6.07) is 4.31. The fraction of sp³-hybridized carbons (Fsp3) is 1.00. The zero-order valence-corrected chi connectivity index (χ0v) is 19.8. The topological polar surface area (TPSA) is 32.7 Å². The Bertz CT molecular complexity index is 339. The molecule has 0 aromatic carbocycles. The highest BCUT2D eigenvalue weighted by Crippen LogP contribution is 2.24. The molecule has 0 aromatic heterocycles. The van der Waals surface area contributed by atoms with Crippen molar-refractivity contribution in [2.75, 3.05) is 32.8 Å². The van der Waals surface area contributed by atoms with Crippen molar-refractivity contribution in [3.8, 4) is 0 Å². The highest BCUT2D eigenvalue weighted by Gasteiger charge is 2.24. The maximum Gasteiger partial charge on any atom is 0.0773 e. The highest BCUT2D eigenvalue weighted by molar-refractivity contribution is 6.82. The Balaban J connectivity index is 1.95. The van der Waals surface area contributed by atoms with Crippen LogP contribution in [0.2, 0.25) is 50.9 Å². The predicted octanol–water partition coefficient (Wildman–Crippen LogP) is 5.07. The third-order valence-electron chi connectivity index (χ3n) is 5.46. The van der Waals surface area contributed by atoms with Gasteiger partial charge in [0.2, 0.25) is 0 Å². The predicted molar refractivity (Wildman–Crippen MR) is 116 cm³/mol. The van der Waals surface area contributed by atoms with Gasteiger partial charge in [0.05, 0.1) is 12.7 Å². The van der Waals surface area contributed by atoms with E-state index in [2.05, 4.69) is 37.6 Å². The quantitative estimate of drug-likeness (QED) is 0.334. The minimum Gasteiger partial charge on any atom is -0.391 e. The molecule has 5 heteroatoms. The normalized spacial score (nSPS) is 18.0. The van der Waals surface area contributed by atoms with Crippen LogP contribution in [0.15, 0.2) is 0 Å². The molecule has 0 radical (unpaired) electrons. The molecule has 0 aliphatic carbocycles. The summed E-state index contributed by atoms with van der Waals surface area (Å²) in [5.74, 6) is 0. The molecule has 1 saturated heterocycles. The molecule has 0 aromatic rings. The molecule has 0 spiro atoms. The molecule has 1 N–H and O–H groups in total. The molecule has 1 aliphatic rings. The number of ether oxygens (including phenoxy) is 1. The number of nitrogens with zero attached hydrogens (tertiary/aromatic N) is 1. The van der Waals surface area contributed by atoms with Crippen LogP contribution in [0, 0.1) is 0 Å². The van der Waals surface area contributed by atoms with Crippen LogP contribution in [-0.4, -0.2) is 65.1 Å². The number of likely N-dealkylation sites (tertiary alicyclic amines) is 1. The first-order valence-corrected chi connectivity index (χ1v) is 17.8. The van der Waals surface area contributed by atoms with Gasteiger partial charge in [-0.3, -0.25) is 0 Å². The molecule has 150 valence electrons. The Kier molecular flexibility index (Phi) is 11.1. The van der Waals surface area contributed by atoms with Crippen LogP contribution in [0.4, 0.5) is 0 Å². The van der Waals surface area contributed by atoms with Gasteiger partial charge in [0, 0.05) is 22.8 Å². The van der Waals surface area contributed by atoms with Crippen LogP contribution >= 0.6 is 0 Å². The van der Waals surface area contributed by atoms with Crippen molar-refractivity contribution in [3.63, 3.8) is 0 Å². The minimum atomic E-state index is -1.04. The van der Waals surface area contributed by atoms with Crippen molar-refractivity contribution >= 4 is 16.1 Å². The summed E-state index contributed by atoms with van der Waals surface area (Å²) >= 11 is 0. The van der Waals surface area contributed by atoms with E-state index in [4.69, 9.17) is 4.74 Å². The first kappa shape index (κ1) is 23.4. The fourth-order valence-electron chi connectivity index (χ4n) is 3.52. The second kappa shape index (κ2) is 11.9. The van der Waals surface area contributed by atoms with Gasteiger partial charge < -0.3 is 14.7 Å². The van der Waals surface area contributed by atoms with Crippen LogP contribution in [0.1, 0.15) is 38.5 Å². The first-order valence-electron chi connectivity index (χ1n) is 10.7. The van der Waals surface area contributed by atoms with E-state index in [1.807, 2.05) is 0 Å². The molecule has 1 atom stereocenters. The lowest BCUT2D eigenvalue weighted by Gasteiger charge is -2.26. The van der Waals surface area contributed by atoms with E-state index >= 15 is 0 Å². The lowest BCUT2D eigenvalue weighted by Crippen LogP contribution is -2.30. The number of hydrogen-bond donors (Lipinski definition) is 1. The first-order chi connectivity index (χ1) is 11.7. The van der Waals surface area contributed by atoms with E-state index < -0.39 is 16.1 Å². The number of aliphatic hydroxyl groups excluding tert-OH is 1. The molecule has 0 amide bonds. The molecule has 1 aliphatic heterocycles. The Morgan fingerprint density at radius 3 is 2.24 bits per heavy atom. The summed E-state index contributed by atoms with van der Waals surface area (Å²) in [5, 5.41) is 10.0. The van der Waals surface area contributed by atoms with Gasteiger partial charge in [-0.1, -0.05) is 50.9 Å². The van der Waals surface area contributed by atoms with Gasteiger partial charge >= 0.3 is 0 Å². The monoisotopic (exact) mass is 387 g/mol. The minimum absolute atomic E-state index is 0.268. The van der Waals surface area contributed by atoms with Crippen LogP contribution < -0.4 is 0 Å². The van der Waals surface area contributed by atoms with Crippen molar-refractivity contribution in [1.82, 2.24) is 4.90 Å². The molecule has 1 rings (SSSR count). The Hall–Kier alpha value is 0.314. The summed E-state index contributed by atoms with van der Waals surface area (Å²) in [5.41, 5.74) is 0. The van der Waals surface area contributed by atoms with Crippen LogP contribution in [0.3, 0.4) is 0 Å². The second-order valence-electron chi connectivity index (χ2n) is 10.1. The van der Waals surface area contributed by atoms with Gasteiger partial charge in [-0.05, 0) is 58.2 Å². The SMILES string of the molecule is C[Si](C)(C)CC[Si](C)(C)CCCOCC(O)CCCCN1CCCC1. The van der Waals surface area contributed by atoms with Gasteiger partial charge in [0.25, 0.3) is 0 Å². The third-order valence-corrected chi connectivity index (χ3v) is 11.0. The molecular weight excluding hydrogens is 342 g/mol. The molecule has 0 saturated carbocycles. The van der Waals surface area contributed by atoms with Crippen molar-refractivity contribution in [2.24, 2.45) is 0 Å². The maximum atomic E-state index is 10.0. The molecule has 3 nitrogen and oxygen atoms in total. The van der Waals surface area contributed by atoms with E-state index in [0.717, 1.165) is 19.4 Å². The highest BCUT2D eigenvalue weighted by atomic mass is 28.3. The number of hydrogen-bond acceptors (Lipinski definition) is 3. The number of rotatable bonds is 14. The summed E-state index contributed by atoms with van der Waals surface area (Å²) in [6.45, 7) is 17.6. The van der Waals surface area contributed by atoms with E-state index in [1.165, 1.54) is 63.4 Å². The zero-order chi connectivity index (χ0) is 18.8. The molecule has 1 unspecified atom stereocenters. The molecule has 25 heavy (non-hydrogen) atoms. The van der Waals surface area contributed by atoms with Crippen molar-refractivity contribution < 1.29 is 9.84 Å². The summed E-state index contributed by atoms with van der Waals surface area (Å²) in [7, 11) is -1.94. The summed E-state index contributed by atoms with van der Waals surface area (Å²) in [6.07, 6.45) is 6.88. The van der Waals surface area contributed by atoms with Crippen molar-refractivity contribution in [1.29, 1.82) is 0 Å². The number of aliphatic hydroxyl groups is 1. The van der Waals surface area contributed by atoms with Crippen molar-refractivity contribution in [2.45, 2.75) is 95.5 Å². The van der Waals surface area contributed by atoms with Gasteiger partial charge in [-0.2, -0.15) is 0 Å². The van der Waals surface area contributed by atoms with Gasteiger partial charge in [0.1, 0.15) is 0 Å². The van der Waals surface area contributed by atoms with Crippen LogP contribution in [0.25, 0.3) is 0 Å². The smallest absolute Gasteiger partial charge is 0.0773 e. The van der Waals surface area contributed by atoms with Crippen molar-refractivity contribution in [3.05, 3.63) is 0 Å². The van der Waals surface area contributed by atoms with Gasteiger partial charge in [-0.15, -0.1) is 0 Å². The standard InChI is InChI=1S/C20H45NO2Si2/c1-24(2,3)17-18-25(4,5)16-10-15-23-19-20(22)11-6-7-12-21-13-8-9-14-21/h20,22H,6-19H2,1-5H3. The lowest BCUT2D eigenvalue weighted by molar-refractivity contribution is 0.0313. The molecule has 0 bridgehead atoms. The van der Waals surface area contributed by atoms with E-state index in [9.17, 15) is 5.11 Å². The molecule has 1 heterocycles. The molecular formula is C20H45NO2Si2. The van der Waals surface area contributed by atoms with E-state index in [-0.39, 0.29) is 6.10 Å². The average molecular weight is 388 g/mol. The Labute approximate surface area is 159 Å². The Morgan fingerprint density at radius 1 is 0.920 bits per heavy atom. The second-order valence-corrected chi connectivity index (χ2v) is 21.1. The Morgan fingerprint density at radius 2 is 1.60 bits per heavy atom. The summed E-state index contributed by atoms with van der Waals surface area (Å²) < 4.78 is 5.74. The number of unbranched alkanes of at least 4 members (excludes halogenated alkanes) is 1. The van der Waals surface area contributed by atoms with E-state index in [0.29, 0.717) is 6.61 Å². The van der Waals surface area contributed by atoms with Gasteiger partial charge in [0.15, 0.2) is 0 Å². The fourth-order valence-corrected chi connectivity index (χ4v) is 10.6. The van der Waals surface area contributed by atoms with Gasteiger partial charge in [-0.25, -0.2) is 0 Å². The molecule has 1 fully saturated rings.